The van der Waals surface area contributed by atoms with Crippen LogP contribution in [-0.4, -0.2) is 168 Å². The van der Waals surface area contributed by atoms with E-state index in [2.05, 4.69) is 55.7 Å². The van der Waals surface area contributed by atoms with Crippen molar-refractivity contribution in [3.8, 4) is 86.3 Å². The molecule has 714 valence electrons. The van der Waals surface area contributed by atoms with Gasteiger partial charge in [0.25, 0.3) is 16.7 Å². The molecule has 3 fully saturated rings. The highest BCUT2D eigenvalue weighted by atomic mass is 35.5. The normalized spacial score (nSPS) is 15.0. The molecule has 0 unspecified atom stereocenters. The summed E-state index contributed by atoms with van der Waals surface area (Å²) in [7, 11) is 0. The number of nitrogens with zero attached hydrogens (tertiary/aromatic N) is 18. The van der Waals surface area contributed by atoms with Crippen LogP contribution in [0, 0.1) is 101 Å². The van der Waals surface area contributed by atoms with Crippen molar-refractivity contribution in [2.24, 2.45) is 0 Å². The number of phenolic OH excluding ortho intramolecular Hbond substituents is 3. The summed E-state index contributed by atoms with van der Waals surface area (Å²) in [5, 5.41) is 58.5. The number of carbonyl (C=O) groups excluding carboxylic acids is 3. The molecule has 3 aliphatic heterocycles. The maximum absolute atomic E-state index is 15.3. The molecule has 12 heterocycles. The highest BCUT2D eigenvalue weighted by Gasteiger charge is 2.40. The highest BCUT2D eigenvalue weighted by Crippen LogP contribution is 2.50. The fraction of sp³-hybridized carbons (Fsp3) is 0.281. The first-order valence-corrected chi connectivity index (χ1v) is 45.0. The number of carbonyl (C=O) groups is 3. The van der Waals surface area contributed by atoms with Gasteiger partial charge in [-0.05, 0) is 131 Å². The zero-order valence-electron chi connectivity index (χ0n) is 75.4. The lowest BCUT2D eigenvalue weighted by Gasteiger charge is -2.41. The lowest BCUT2D eigenvalue weighted by atomic mass is 10.0. The Bertz CT molecular complexity index is 6790. The molecule has 9 aromatic heterocycles. The second-order valence-corrected chi connectivity index (χ2v) is 36.3. The second-order valence-electron chi connectivity index (χ2n) is 33.6. The van der Waals surface area contributed by atoms with Crippen LogP contribution >= 0.6 is 81.2 Å². The predicted octanol–water partition coefficient (Wildman–Crippen LogP) is 19.7. The van der Waals surface area contributed by atoms with E-state index in [0.717, 1.165) is 9.13 Å². The van der Waals surface area contributed by atoms with E-state index in [1.54, 1.807) is 101 Å². The smallest absolute Gasteiger partial charge is 0.276 e. The van der Waals surface area contributed by atoms with E-state index in [4.69, 9.17) is 81.2 Å². The number of anilines is 3. The molecular formula is C96H81Cl7F8N18O9. The summed E-state index contributed by atoms with van der Waals surface area (Å²) in [4.78, 5) is 118. The van der Waals surface area contributed by atoms with Crippen LogP contribution in [0.3, 0.4) is 0 Å². The molecule has 3 saturated heterocycles. The first kappa shape index (κ1) is 102. The van der Waals surface area contributed by atoms with E-state index in [9.17, 15) is 86.2 Å². The summed E-state index contributed by atoms with van der Waals surface area (Å²) in [6.07, 6.45) is 8.35. The first-order valence-electron chi connectivity index (χ1n) is 42.4. The van der Waals surface area contributed by atoms with Gasteiger partial charge in [0.15, 0.2) is 63.8 Å². The van der Waals surface area contributed by atoms with Crippen molar-refractivity contribution in [2.75, 3.05) is 73.6 Å². The van der Waals surface area contributed by atoms with Gasteiger partial charge in [-0.15, -0.1) is 0 Å². The molecule has 3 amide bonds. The molecule has 3 aromatic carbocycles. The third-order valence-corrected chi connectivity index (χ3v) is 26.2. The number of rotatable bonds is 15. The van der Waals surface area contributed by atoms with Gasteiger partial charge < -0.3 is 44.7 Å². The summed E-state index contributed by atoms with van der Waals surface area (Å²) < 4.78 is 123. The number of aromatic nitrogens is 9. The largest absolute Gasteiger partial charge is 0.504 e. The number of nitriles is 3. The lowest BCUT2D eigenvalue weighted by Crippen LogP contribution is -2.54. The number of pyridine rings is 9. The Balaban J connectivity index is 0.000000175. The van der Waals surface area contributed by atoms with Crippen molar-refractivity contribution in [2.45, 2.75) is 119 Å². The van der Waals surface area contributed by atoms with Gasteiger partial charge in [-0.25, -0.2) is 50.1 Å². The number of piperazine rings is 3. The average Bonchev–Trinajstić information content (AvgIpc) is 0.726. The van der Waals surface area contributed by atoms with E-state index >= 15 is 8.78 Å². The number of hydrogen-bond donors (Lipinski definition) is 3. The lowest BCUT2D eigenvalue weighted by molar-refractivity contribution is -0.129. The minimum absolute atomic E-state index is 0.0418. The molecule has 0 radical (unpaired) electrons. The molecule has 27 nitrogen and oxygen atoms in total. The maximum atomic E-state index is 15.3. The van der Waals surface area contributed by atoms with Gasteiger partial charge in [-0.1, -0.05) is 142 Å². The number of fused-ring (bicyclic) bond motifs is 3. The molecule has 12 aromatic rings. The Morgan fingerprint density at radius 3 is 0.899 bits per heavy atom. The van der Waals surface area contributed by atoms with E-state index in [1.807, 2.05) is 60.6 Å². The summed E-state index contributed by atoms with van der Waals surface area (Å²) in [6.45, 7) is 34.6. The Kier molecular flexibility index (Phi) is 29.8. The van der Waals surface area contributed by atoms with Crippen molar-refractivity contribution in [3.63, 3.8) is 0 Å². The Morgan fingerprint density at radius 2 is 0.652 bits per heavy atom. The number of aryl methyl sites for hydroxylation is 3. The Hall–Kier alpha value is -13.4. The van der Waals surface area contributed by atoms with Gasteiger partial charge in [0.1, 0.15) is 66.9 Å². The van der Waals surface area contributed by atoms with E-state index in [-0.39, 0.29) is 200 Å². The molecule has 138 heavy (non-hydrogen) atoms. The minimum Gasteiger partial charge on any atom is -0.504 e. The van der Waals surface area contributed by atoms with Crippen LogP contribution in [-0.2, 0) is 14.4 Å². The predicted molar refractivity (Wildman–Crippen MR) is 513 cm³/mol. The number of phenols is 3. The van der Waals surface area contributed by atoms with E-state index in [1.165, 1.54) is 41.0 Å². The van der Waals surface area contributed by atoms with Gasteiger partial charge in [0, 0.05) is 112 Å². The number of hydrogen-bond acceptors (Lipinski definition) is 21. The Morgan fingerprint density at radius 1 is 0.399 bits per heavy atom. The number of aromatic hydroxyl groups is 3. The molecule has 0 bridgehead atoms. The van der Waals surface area contributed by atoms with Gasteiger partial charge >= 0.3 is 0 Å². The molecule has 3 atom stereocenters. The molecule has 0 aliphatic carbocycles. The SMILES string of the molecule is C=CC(=O)N1CCN(c2c(C#N)c(=O)n(-c3c(C)ccnc3C(C)C)c3nc(-c4c(O)c(F)c(Cl)c(F)c4Cl)c(Cl)cc23)C[C@H]1C.C=CC(=O)N1CCN(c2c(C#N)c(=O)n(-c3c(C)ccnc3C(C)C)c3nc(-c4c(O)c(F)c(Cl)c(F)c4F)c(Cl)cc23)C[C@H]1C.C=CC(=O)N1CCN(c2c(C#N)c(=O)n(-c3c(C)ccnc3C(C)C)c3nc(-c4c(O)c(F)c(Cl)c(F)c4F)c(Cl)cc23)C[C@H]1C. The second kappa shape index (κ2) is 40.3. The summed E-state index contributed by atoms with van der Waals surface area (Å²) in [6, 6.07) is 14.1. The van der Waals surface area contributed by atoms with Gasteiger partial charge in [-0.2, -0.15) is 15.8 Å². The van der Waals surface area contributed by atoms with Crippen LogP contribution in [0.25, 0.3) is 83.9 Å². The van der Waals surface area contributed by atoms with Crippen LogP contribution < -0.4 is 31.4 Å². The van der Waals surface area contributed by atoms with E-state index in [0.29, 0.717) is 50.8 Å². The molecule has 15 rings (SSSR count). The van der Waals surface area contributed by atoms with Gasteiger partial charge in [0.05, 0.1) is 105 Å². The zero-order valence-corrected chi connectivity index (χ0v) is 80.7. The van der Waals surface area contributed by atoms with E-state index < -0.39 is 129 Å². The summed E-state index contributed by atoms with van der Waals surface area (Å²) in [5.74, 6) is -18.2. The van der Waals surface area contributed by atoms with Crippen molar-refractivity contribution in [1.82, 2.24) is 58.3 Å². The highest BCUT2D eigenvalue weighted by molar-refractivity contribution is 6.39. The number of benzene rings is 3. The minimum atomic E-state index is -1.77. The quantitative estimate of drug-likeness (QED) is 0.0371. The standard InChI is InChI=1S/C32H27Cl3F2N6O3.2C32H27Cl2F3N6O3/c1-6-20(44)42-10-9-41(13-16(42)5)29-17-11-19(33)27(21-22(34)24(36)23(35)25(37)30(21)45)40-31(17)43(32(46)18(29)12-38)28-15(4)7-8-39-26(28)14(2)3;2*1-6-20(44)42-10-9-41(13-16(42)5)29-17-11-19(33)27(21-23(35)24(36)22(34)25(37)30(21)45)40-31(17)43(32(46)18(29)12-38)28-15(4)7-8-39-26(28)14(2)3/h3*6-8,11,14,16,45H,1,9-10,13H2,2-5H3/t3*16-/m111/s1. The Labute approximate surface area is 817 Å². The molecular weight excluding hydrogens is 1950 g/mol. The first-order chi connectivity index (χ1) is 65.2. The van der Waals surface area contributed by atoms with Crippen molar-refractivity contribution >= 4 is 149 Å². The molecule has 3 aliphatic rings. The molecule has 42 heteroatoms. The average molecular weight is 2030 g/mol. The maximum Gasteiger partial charge on any atom is 0.276 e. The van der Waals surface area contributed by atoms with Crippen molar-refractivity contribution in [3.05, 3.63) is 256 Å². The van der Waals surface area contributed by atoms with Crippen LogP contribution in [0.4, 0.5) is 52.2 Å². The zero-order chi connectivity index (χ0) is 101. The van der Waals surface area contributed by atoms with Crippen LogP contribution in [0.2, 0.25) is 35.2 Å². The summed E-state index contributed by atoms with van der Waals surface area (Å²) in [5.41, 5.74) is -2.73. The van der Waals surface area contributed by atoms with Crippen LogP contribution in [0.5, 0.6) is 17.2 Å². The van der Waals surface area contributed by atoms with Crippen molar-refractivity contribution in [1.29, 1.82) is 15.8 Å². The summed E-state index contributed by atoms with van der Waals surface area (Å²) >= 11 is 43.0. The fourth-order valence-electron chi connectivity index (χ4n) is 17.4. The van der Waals surface area contributed by atoms with Crippen molar-refractivity contribution < 1.29 is 64.8 Å². The van der Waals surface area contributed by atoms with Gasteiger partial charge in [0.2, 0.25) is 17.7 Å². The third kappa shape index (κ3) is 17.7. The van der Waals surface area contributed by atoms with Crippen LogP contribution in [0.1, 0.15) is 131 Å². The monoisotopic (exact) mass is 2030 g/mol. The number of amides is 3. The number of halogens is 15. The van der Waals surface area contributed by atoms with Crippen LogP contribution in [0.15, 0.2) is 107 Å². The molecule has 0 spiro atoms. The molecule has 0 saturated carbocycles. The fourth-order valence-corrected chi connectivity index (χ4v) is 19.0. The van der Waals surface area contributed by atoms with Gasteiger partial charge in [-0.3, -0.25) is 57.4 Å². The topological polar surface area (TPSA) is 346 Å². The third-order valence-electron chi connectivity index (χ3n) is 24.0. The molecule has 3 N–H and O–H groups in total.